The summed E-state index contributed by atoms with van der Waals surface area (Å²) in [6.45, 7) is 7.48. The maximum Gasteiger partial charge on any atom is 0.237 e. The average Bonchev–Trinajstić information content (AvgIpc) is 2.38. The number of nitrogens with zero attached hydrogens (tertiary/aromatic N) is 1. The van der Waals surface area contributed by atoms with E-state index in [1.54, 1.807) is 11.0 Å². The number of rotatable bonds is 1. The highest BCUT2D eigenvalue weighted by molar-refractivity contribution is 6.08. The molecular weight excluding hydrogens is 205 g/mol. The number of benzene rings is 1. The van der Waals surface area contributed by atoms with Crippen LogP contribution in [0, 0.1) is 5.82 Å². The van der Waals surface area contributed by atoms with Crippen LogP contribution in [0.25, 0.3) is 0 Å². The molecule has 0 aromatic heterocycles. The highest BCUT2D eigenvalue weighted by atomic mass is 19.1. The fourth-order valence-corrected chi connectivity index (χ4v) is 2.28. The number of hydrogen-bond acceptors (Lipinski definition) is 1. The molecule has 1 heterocycles. The lowest BCUT2D eigenvalue weighted by Gasteiger charge is -2.24. The maximum absolute atomic E-state index is 13.8. The van der Waals surface area contributed by atoms with Crippen molar-refractivity contribution in [3.63, 3.8) is 0 Å². The van der Waals surface area contributed by atoms with E-state index in [0.29, 0.717) is 5.69 Å². The van der Waals surface area contributed by atoms with Gasteiger partial charge in [0, 0.05) is 6.04 Å². The molecule has 16 heavy (non-hydrogen) atoms. The Balaban J connectivity index is 2.70. The number of anilines is 1. The number of para-hydroxylation sites is 1. The standard InChI is InChI=1S/C13H16FNO/c1-8(2)15-11-9(6-5-7-10(11)14)13(3,4)12(15)16/h5-8H,1-4H3. The van der Waals surface area contributed by atoms with Crippen LogP contribution >= 0.6 is 0 Å². The number of amides is 1. The normalized spacial score (nSPS) is 18.1. The molecular formula is C13H16FNO. The van der Waals surface area contributed by atoms with Crippen molar-refractivity contribution in [3.05, 3.63) is 29.6 Å². The van der Waals surface area contributed by atoms with Gasteiger partial charge in [0.25, 0.3) is 0 Å². The van der Waals surface area contributed by atoms with Crippen LogP contribution in [0.1, 0.15) is 33.3 Å². The van der Waals surface area contributed by atoms with Gasteiger partial charge < -0.3 is 4.90 Å². The summed E-state index contributed by atoms with van der Waals surface area (Å²) in [5, 5.41) is 0. The Kier molecular flexibility index (Phi) is 2.30. The zero-order chi connectivity index (χ0) is 12.1. The van der Waals surface area contributed by atoms with E-state index < -0.39 is 5.41 Å². The molecule has 0 spiro atoms. The second kappa shape index (κ2) is 3.30. The summed E-state index contributed by atoms with van der Waals surface area (Å²) in [5.74, 6) is -0.340. The van der Waals surface area contributed by atoms with Gasteiger partial charge in [-0.3, -0.25) is 4.79 Å². The largest absolute Gasteiger partial charge is 0.306 e. The summed E-state index contributed by atoms with van der Waals surface area (Å²) in [4.78, 5) is 13.8. The molecule has 0 radical (unpaired) electrons. The van der Waals surface area contributed by atoms with Crippen LogP contribution in [0.15, 0.2) is 18.2 Å². The minimum Gasteiger partial charge on any atom is -0.306 e. The predicted molar refractivity (Wildman–Crippen MR) is 62.0 cm³/mol. The summed E-state index contributed by atoms with van der Waals surface area (Å²) in [6, 6.07) is 4.87. The average molecular weight is 221 g/mol. The van der Waals surface area contributed by atoms with Crippen molar-refractivity contribution in [2.45, 2.75) is 39.2 Å². The van der Waals surface area contributed by atoms with E-state index in [9.17, 15) is 9.18 Å². The molecule has 0 bridgehead atoms. The smallest absolute Gasteiger partial charge is 0.237 e. The van der Waals surface area contributed by atoms with E-state index in [1.165, 1.54) is 6.07 Å². The van der Waals surface area contributed by atoms with E-state index in [0.717, 1.165) is 5.56 Å². The molecule has 0 unspecified atom stereocenters. The first-order chi connectivity index (χ1) is 7.37. The van der Waals surface area contributed by atoms with E-state index in [4.69, 9.17) is 0 Å². The van der Waals surface area contributed by atoms with Crippen molar-refractivity contribution >= 4 is 11.6 Å². The van der Waals surface area contributed by atoms with Crippen LogP contribution in [-0.4, -0.2) is 11.9 Å². The minimum absolute atomic E-state index is 0.0232. The zero-order valence-corrected chi connectivity index (χ0v) is 10.0. The molecule has 2 nitrogen and oxygen atoms in total. The van der Waals surface area contributed by atoms with Crippen LogP contribution < -0.4 is 4.90 Å². The Bertz CT molecular complexity index is 451. The second-order valence-electron chi connectivity index (χ2n) is 5.03. The Hall–Kier alpha value is -1.38. The van der Waals surface area contributed by atoms with Gasteiger partial charge in [-0.1, -0.05) is 12.1 Å². The van der Waals surface area contributed by atoms with Gasteiger partial charge in [-0.15, -0.1) is 0 Å². The molecule has 1 amide bonds. The third-order valence-corrected chi connectivity index (χ3v) is 3.17. The van der Waals surface area contributed by atoms with E-state index in [-0.39, 0.29) is 17.8 Å². The molecule has 0 atom stereocenters. The van der Waals surface area contributed by atoms with Gasteiger partial charge >= 0.3 is 0 Å². The molecule has 0 aliphatic carbocycles. The summed E-state index contributed by atoms with van der Waals surface area (Å²) < 4.78 is 13.8. The molecule has 1 aliphatic heterocycles. The maximum atomic E-state index is 13.8. The highest BCUT2D eigenvalue weighted by Gasteiger charge is 2.46. The predicted octanol–water partition coefficient (Wildman–Crippen LogP) is 2.86. The second-order valence-corrected chi connectivity index (χ2v) is 5.03. The lowest BCUT2D eigenvalue weighted by atomic mass is 9.86. The zero-order valence-electron chi connectivity index (χ0n) is 10.0. The van der Waals surface area contributed by atoms with Crippen molar-refractivity contribution in [3.8, 4) is 0 Å². The van der Waals surface area contributed by atoms with Crippen molar-refractivity contribution in [1.29, 1.82) is 0 Å². The molecule has 3 heteroatoms. The van der Waals surface area contributed by atoms with Gasteiger partial charge in [0.2, 0.25) is 5.91 Å². The molecule has 0 saturated heterocycles. The van der Waals surface area contributed by atoms with Crippen LogP contribution in [0.4, 0.5) is 10.1 Å². The van der Waals surface area contributed by atoms with Crippen molar-refractivity contribution in [1.82, 2.24) is 0 Å². The Labute approximate surface area is 95.1 Å². The fourth-order valence-electron chi connectivity index (χ4n) is 2.28. The first-order valence-corrected chi connectivity index (χ1v) is 5.50. The molecule has 1 aliphatic rings. The summed E-state index contributed by atoms with van der Waals surface area (Å²) >= 11 is 0. The van der Waals surface area contributed by atoms with Gasteiger partial charge in [-0.25, -0.2) is 4.39 Å². The molecule has 1 aromatic carbocycles. The third kappa shape index (κ3) is 1.27. The lowest BCUT2D eigenvalue weighted by Crippen LogP contribution is -2.40. The fraction of sp³-hybridized carbons (Fsp3) is 0.462. The molecule has 2 rings (SSSR count). The van der Waals surface area contributed by atoms with E-state index in [2.05, 4.69) is 0 Å². The molecule has 1 aromatic rings. The van der Waals surface area contributed by atoms with Crippen LogP contribution in [0.2, 0.25) is 0 Å². The van der Waals surface area contributed by atoms with Crippen molar-refractivity contribution < 1.29 is 9.18 Å². The number of fused-ring (bicyclic) bond motifs is 1. The highest BCUT2D eigenvalue weighted by Crippen LogP contribution is 2.43. The quantitative estimate of drug-likeness (QED) is 0.714. The summed E-state index contributed by atoms with van der Waals surface area (Å²) in [5.41, 5.74) is 0.612. The monoisotopic (exact) mass is 221 g/mol. The van der Waals surface area contributed by atoms with Gasteiger partial charge in [0.05, 0.1) is 11.1 Å². The number of halogens is 1. The van der Waals surface area contributed by atoms with Gasteiger partial charge in [0.15, 0.2) is 0 Å². The first-order valence-electron chi connectivity index (χ1n) is 5.50. The lowest BCUT2D eigenvalue weighted by molar-refractivity contribution is -0.122. The summed E-state index contributed by atoms with van der Waals surface area (Å²) in [7, 11) is 0. The van der Waals surface area contributed by atoms with Crippen molar-refractivity contribution in [2.24, 2.45) is 0 Å². The number of hydrogen-bond donors (Lipinski definition) is 0. The minimum atomic E-state index is -0.623. The first kappa shape index (κ1) is 11.1. The number of carbonyl (C=O) groups is 1. The van der Waals surface area contributed by atoms with E-state index >= 15 is 0 Å². The van der Waals surface area contributed by atoms with Crippen molar-refractivity contribution in [2.75, 3.05) is 4.90 Å². The van der Waals surface area contributed by atoms with Gasteiger partial charge in [-0.05, 0) is 39.3 Å². The van der Waals surface area contributed by atoms with Crippen LogP contribution in [0.5, 0.6) is 0 Å². The topological polar surface area (TPSA) is 20.3 Å². The summed E-state index contributed by atoms with van der Waals surface area (Å²) in [6.07, 6.45) is 0. The molecule has 0 N–H and O–H groups in total. The Morgan fingerprint density at radius 1 is 1.31 bits per heavy atom. The molecule has 0 saturated carbocycles. The Morgan fingerprint density at radius 2 is 1.94 bits per heavy atom. The Morgan fingerprint density at radius 3 is 2.50 bits per heavy atom. The van der Waals surface area contributed by atoms with Gasteiger partial charge in [0.1, 0.15) is 5.82 Å². The van der Waals surface area contributed by atoms with E-state index in [1.807, 2.05) is 33.8 Å². The third-order valence-electron chi connectivity index (χ3n) is 3.17. The number of carbonyl (C=O) groups excluding carboxylic acids is 1. The SMILES string of the molecule is CC(C)N1C(=O)C(C)(C)c2cccc(F)c21. The van der Waals surface area contributed by atoms with Crippen LogP contribution in [-0.2, 0) is 10.2 Å². The molecule has 86 valence electrons. The molecule has 0 fully saturated rings. The van der Waals surface area contributed by atoms with Gasteiger partial charge in [-0.2, -0.15) is 0 Å². The van der Waals surface area contributed by atoms with Crippen LogP contribution in [0.3, 0.4) is 0 Å².